The molecule has 2 aromatic rings. The monoisotopic (exact) mass is 308 g/mol. The molecular weight excluding hydrogens is 291 g/mol. The van der Waals surface area contributed by atoms with Gasteiger partial charge < -0.3 is 15.6 Å². The average Bonchev–Trinajstić information content (AvgIpc) is 2.84. The number of amides is 1. The van der Waals surface area contributed by atoms with Gasteiger partial charge >= 0.3 is 0 Å². The van der Waals surface area contributed by atoms with Crippen molar-refractivity contribution in [2.75, 3.05) is 16.8 Å². The number of aromatic nitrogens is 2. The number of imidazole rings is 1. The number of nitrogens with zero attached hydrogens (tertiary/aromatic N) is 2. The van der Waals surface area contributed by atoms with E-state index in [1.807, 2.05) is 17.8 Å². The zero-order valence-electron chi connectivity index (χ0n) is 11.7. The number of thioether (sulfide) groups is 1. The van der Waals surface area contributed by atoms with Crippen molar-refractivity contribution < 1.29 is 9.18 Å². The molecule has 1 heterocycles. The summed E-state index contributed by atoms with van der Waals surface area (Å²) in [7, 11) is 1.92. The maximum absolute atomic E-state index is 13.5. The number of nitrogens with one attached hydrogen (secondary N) is 1. The molecule has 2 rings (SSSR count). The van der Waals surface area contributed by atoms with Crippen molar-refractivity contribution in [3.8, 4) is 0 Å². The predicted molar refractivity (Wildman–Crippen MR) is 82.6 cm³/mol. The Morgan fingerprint density at radius 1 is 1.52 bits per heavy atom. The first-order chi connectivity index (χ1) is 10.1. The van der Waals surface area contributed by atoms with E-state index in [1.54, 1.807) is 18.0 Å². The van der Waals surface area contributed by atoms with Crippen molar-refractivity contribution >= 4 is 29.0 Å². The van der Waals surface area contributed by atoms with Gasteiger partial charge in [0.1, 0.15) is 5.82 Å². The number of nitrogens with two attached hydrogens (primary N) is 1. The van der Waals surface area contributed by atoms with E-state index in [-0.39, 0.29) is 11.6 Å². The molecule has 0 atom stereocenters. The van der Waals surface area contributed by atoms with Crippen LogP contribution in [0, 0.1) is 5.82 Å². The summed E-state index contributed by atoms with van der Waals surface area (Å²) < 4.78 is 15.4. The van der Waals surface area contributed by atoms with Crippen LogP contribution >= 0.6 is 11.8 Å². The summed E-state index contributed by atoms with van der Waals surface area (Å²) >= 11 is 1.59. The molecule has 0 spiro atoms. The number of rotatable bonds is 6. The van der Waals surface area contributed by atoms with Gasteiger partial charge in [0.25, 0.3) is 0 Å². The topological polar surface area (TPSA) is 72.9 Å². The third kappa shape index (κ3) is 4.49. The minimum atomic E-state index is -0.486. The standard InChI is InChI=1S/C14H17FN4OS/c1-19-7-6-17-14(19)21-8-2-3-13(20)18-12-9-10(16)4-5-11(12)15/h4-7,9H,2-3,8,16H2,1H3,(H,18,20). The average molecular weight is 308 g/mol. The van der Waals surface area contributed by atoms with Crippen LogP contribution in [0.5, 0.6) is 0 Å². The SMILES string of the molecule is Cn1ccnc1SCCCC(=O)Nc1cc(N)ccc1F. The molecule has 1 amide bonds. The van der Waals surface area contributed by atoms with Crippen molar-refractivity contribution in [2.24, 2.45) is 7.05 Å². The maximum atomic E-state index is 13.5. The van der Waals surface area contributed by atoms with Crippen LogP contribution in [0.3, 0.4) is 0 Å². The van der Waals surface area contributed by atoms with E-state index in [0.717, 1.165) is 10.9 Å². The first-order valence-corrected chi connectivity index (χ1v) is 7.50. The molecule has 0 unspecified atom stereocenters. The van der Waals surface area contributed by atoms with Gasteiger partial charge in [0.05, 0.1) is 5.69 Å². The number of aryl methyl sites for hydroxylation is 1. The summed E-state index contributed by atoms with van der Waals surface area (Å²) in [6, 6.07) is 4.10. The minimum Gasteiger partial charge on any atom is -0.399 e. The van der Waals surface area contributed by atoms with Gasteiger partial charge in [-0.2, -0.15) is 0 Å². The molecule has 0 aliphatic heterocycles. The molecule has 3 N–H and O–H groups in total. The van der Waals surface area contributed by atoms with Crippen LogP contribution in [-0.2, 0) is 11.8 Å². The molecule has 0 saturated heterocycles. The molecule has 0 aliphatic rings. The second kappa shape index (κ2) is 7.12. The number of hydrogen-bond donors (Lipinski definition) is 2. The Bertz CT molecular complexity index is 629. The van der Waals surface area contributed by atoms with Crippen molar-refractivity contribution in [3.63, 3.8) is 0 Å². The highest BCUT2D eigenvalue weighted by Gasteiger charge is 2.08. The normalized spacial score (nSPS) is 10.6. The third-order valence-electron chi connectivity index (χ3n) is 2.82. The second-order valence-electron chi connectivity index (χ2n) is 4.56. The first kappa shape index (κ1) is 15.4. The van der Waals surface area contributed by atoms with Crippen LogP contribution in [-0.4, -0.2) is 21.2 Å². The Labute approximate surface area is 126 Å². The number of halogens is 1. The van der Waals surface area contributed by atoms with Gasteiger partial charge in [-0.25, -0.2) is 9.37 Å². The lowest BCUT2D eigenvalue weighted by Crippen LogP contribution is -2.13. The lowest BCUT2D eigenvalue weighted by molar-refractivity contribution is -0.116. The Hall–Kier alpha value is -2.02. The molecule has 0 saturated carbocycles. The summed E-state index contributed by atoms with van der Waals surface area (Å²) in [4.78, 5) is 15.9. The largest absolute Gasteiger partial charge is 0.399 e. The molecule has 7 heteroatoms. The number of carbonyl (C=O) groups is 1. The van der Waals surface area contributed by atoms with Crippen molar-refractivity contribution in [1.29, 1.82) is 0 Å². The van der Waals surface area contributed by atoms with Crippen LogP contribution in [0.1, 0.15) is 12.8 Å². The fourth-order valence-electron chi connectivity index (χ4n) is 1.74. The number of hydrogen-bond acceptors (Lipinski definition) is 4. The van der Waals surface area contributed by atoms with Gasteiger partial charge in [0, 0.05) is 37.3 Å². The molecule has 0 aliphatic carbocycles. The van der Waals surface area contributed by atoms with E-state index in [4.69, 9.17) is 5.73 Å². The van der Waals surface area contributed by atoms with Crippen LogP contribution in [0.2, 0.25) is 0 Å². The first-order valence-electron chi connectivity index (χ1n) is 6.51. The lowest BCUT2D eigenvalue weighted by atomic mass is 10.2. The number of benzene rings is 1. The van der Waals surface area contributed by atoms with Crippen LogP contribution < -0.4 is 11.1 Å². The summed E-state index contributed by atoms with van der Waals surface area (Å²) in [6.07, 6.45) is 4.62. The second-order valence-corrected chi connectivity index (χ2v) is 5.62. The molecular formula is C14H17FN4OS. The Morgan fingerprint density at radius 2 is 2.33 bits per heavy atom. The van der Waals surface area contributed by atoms with Crippen molar-refractivity contribution in [3.05, 3.63) is 36.4 Å². The smallest absolute Gasteiger partial charge is 0.224 e. The van der Waals surface area contributed by atoms with Gasteiger partial charge in [-0.15, -0.1) is 0 Å². The van der Waals surface area contributed by atoms with E-state index in [9.17, 15) is 9.18 Å². The summed E-state index contributed by atoms with van der Waals surface area (Å²) in [5, 5.41) is 3.45. The van der Waals surface area contributed by atoms with Gasteiger partial charge in [0.2, 0.25) is 5.91 Å². The zero-order valence-corrected chi connectivity index (χ0v) is 12.5. The summed E-state index contributed by atoms with van der Waals surface area (Å²) in [5.41, 5.74) is 6.10. The predicted octanol–water partition coefficient (Wildman–Crippen LogP) is 2.65. The fraction of sp³-hybridized carbons (Fsp3) is 0.286. The Morgan fingerprint density at radius 3 is 3.05 bits per heavy atom. The van der Waals surface area contributed by atoms with E-state index in [0.29, 0.717) is 18.5 Å². The highest BCUT2D eigenvalue weighted by molar-refractivity contribution is 7.99. The van der Waals surface area contributed by atoms with Crippen LogP contribution in [0.4, 0.5) is 15.8 Å². The van der Waals surface area contributed by atoms with Gasteiger partial charge in [-0.05, 0) is 24.6 Å². The summed E-state index contributed by atoms with van der Waals surface area (Å²) in [6.45, 7) is 0. The van der Waals surface area contributed by atoms with Gasteiger partial charge in [-0.3, -0.25) is 4.79 Å². The molecule has 0 bridgehead atoms. The number of nitrogen functional groups attached to an aromatic ring is 1. The number of carbonyl (C=O) groups excluding carboxylic acids is 1. The van der Waals surface area contributed by atoms with E-state index >= 15 is 0 Å². The van der Waals surface area contributed by atoms with E-state index in [2.05, 4.69) is 10.3 Å². The minimum absolute atomic E-state index is 0.122. The van der Waals surface area contributed by atoms with Gasteiger partial charge in [0.15, 0.2) is 5.16 Å². The molecule has 5 nitrogen and oxygen atoms in total. The summed E-state index contributed by atoms with van der Waals surface area (Å²) in [5.74, 6) is 0.0670. The third-order valence-corrected chi connectivity index (χ3v) is 3.97. The molecule has 1 aromatic heterocycles. The van der Waals surface area contributed by atoms with E-state index in [1.165, 1.54) is 18.2 Å². The highest BCUT2D eigenvalue weighted by Crippen LogP contribution is 2.19. The van der Waals surface area contributed by atoms with Gasteiger partial charge in [-0.1, -0.05) is 11.8 Å². The van der Waals surface area contributed by atoms with Crippen molar-refractivity contribution in [1.82, 2.24) is 9.55 Å². The molecule has 112 valence electrons. The molecule has 1 aromatic carbocycles. The molecule has 21 heavy (non-hydrogen) atoms. The highest BCUT2D eigenvalue weighted by atomic mass is 32.2. The molecule has 0 radical (unpaired) electrons. The van der Waals surface area contributed by atoms with Crippen LogP contribution in [0.15, 0.2) is 35.7 Å². The lowest BCUT2D eigenvalue weighted by Gasteiger charge is -2.07. The fourth-order valence-corrected chi connectivity index (χ4v) is 2.61. The number of anilines is 2. The maximum Gasteiger partial charge on any atom is 0.224 e. The van der Waals surface area contributed by atoms with Crippen LogP contribution in [0.25, 0.3) is 0 Å². The quantitative estimate of drug-likeness (QED) is 0.489. The molecule has 0 fully saturated rings. The van der Waals surface area contributed by atoms with E-state index < -0.39 is 5.82 Å². The zero-order chi connectivity index (χ0) is 15.2. The Balaban J connectivity index is 1.75. The van der Waals surface area contributed by atoms with Crippen molar-refractivity contribution in [2.45, 2.75) is 18.0 Å². The Kier molecular flexibility index (Phi) is 5.21.